The first-order valence-electron chi connectivity index (χ1n) is 4.11. The summed E-state index contributed by atoms with van der Waals surface area (Å²) in [6, 6.07) is 6.34. The first-order valence-corrected chi connectivity index (χ1v) is 5.50. The average Bonchev–Trinajstić information content (AvgIpc) is 2.15. The highest BCUT2D eigenvalue weighted by atomic mass is 32.3. The number of nitrogens with two attached hydrogens (primary N) is 1. The fourth-order valence-corrected chi connectivity index (χ4v) is 0.833. The minimum Gasteiger partial charge on any atom is -0.508 e. The lowest BCUT2D eigenvalue weighted by atomic mass is 10.1. The van der Waals surface area contributed by atoms with Crippen LogP contribution in [0.5, 0.6) is 5.75 Å². The summed E-state index contributed by atoms with van der Waals surface area (Å²) in [5, 5.41) is 18.1. The molecule has 0 saturated carbocycles. The van der Waals surface area contributed by atoms with Gasteiger partial charge >= 0.3 is 10.4 Å². The standard InChI is InChI=1S/C8H11NO2.H2O4S/c9-5-8(11)6-1-3-7(10)4-2-6;1-5(2,3)4/h1-4,8,10-11H,5,9H2;(H2,1,2,3,4). The summed E-state index contributed by atoms with van der Waals surface area (Å²) in [5.41, 5.74) is 5.96. The van der Waals surface area contributed by atoms with E-state index in [-0.39, 0.29) is 12.3 Å². The molecular formula is C8H13NO6S. The van der Waals surface area contributed by atoms with Crippen molar-refractivity contribution in [1.82, 2.24) is 0 Å². The number of hydrogen-bond acceptors (Lipinski definition) is 5. The van der Waals surface area contributed by atoms with E-state index in [4.69, 9.17) is 28.4 Å². The van der Waals surface area contributed by atoms with E-state index in [1.165, 1.54) is 12.1 Å². The zero-order chi connectivity index (χ0) is 12.8. The van der Waals surface area contributed by atoms with Crippen molar-refractivity contribution in [2.24, 2.45) is 5.73 Å². The maximum Gasteiger partial charge on any atom is 0.394 e. The molecule has 1 unspecified atom stereocenters. The van der Waals surface area contributed by atoms with E-state index < -0.39 is 16.5 Å². The Bertz CT molecular complexity index is 393. The third kappa shape index (κ3) is 8.15. The third-order valence-electron chi connectivity index (χ3n) is 1.50. The van der Waals surface area contributed by atoms with Gasteiger partial charge in [-0.05, 0) is 17.7 Å². The molecule has 0 amide bonds. The zero-order valence-electron chi connectivity index (χ0n) is 8.18. The summed E-state index contributed by atoms with van der Waals surface area (Å²) in [4.78, 5) is 0. The first-order chi connectivity index (χ1) is 7.24. The van der Waals surface area contributed by atoms with Crippen LogP contribution in [0.4, 0.5) is 0 Å². The van der Waals surface area contributed by atoms with Crippen LogP contribution in [0.3, 0.4) is 0 Å². The lowest BCUT2D eigenvalue weighted by Crippen LogP contribution is -2.10. The molecule has 0 spiro atoms. The molecule has 8 heteroatoms. The largest absolute Gasteiger partial charge is 0.508 e. The molecular weight excluding hydrogens is 238 g/mol. The quantitative estimate of drug-likeness (QED) is 0.455. The number of phenols is 1. The molecule has 0 aliphatic carbocycles. The van der Waals surface area contributed by atoms with Crippen molar-refractivity contribution in [2.45, 2.75) is 6.10 Å². The van der Waals surface area contributed by atoms with Gasteiger partial charge in [-0.2, -0.15) is 8.42 Å². The van der Waals surface area contributed by atoms with Crippen LogP contribution in [-0.4, -0.2) is 34.3 Å². The fraction of sp³-hybridized carbons (Fsp3) is 0.250. The number of hydrogen-bond donors (Lipinski definition) is 5. The Labute approximate surface area is 92.7 Å². The Morgan fingerprint density at radius 2 is 1.56 bits per heavy atom. The lowest BCUT2D eigenvalue weighted by Gasteiger charge is -2.06. The van der Waals surface area contributed by atoms with E-state index in [9.17, 15) is 5.11 Å². The molecule has 0 fully saturated rings. The fourth-order valence-electron chi connectivity index (χ4n) is 0.833. The molecule has 1 atom stereocenters. The van der Waals surface area contributed by atoms with Gasteiger partial charge in [-0.1, -0.05) is 12.1 Å². The SMILES string of the molecule is NCC(O)c1ccc(O)cc1.O=S(=O)(O)O. The van der Waals surface area contributed by atoms with Crippen molar-refractivity contribution in [2.75, 3.05) is 6.54 Å². The summed E-state index contributed by atoms with van der Waals surface area (Å²) in [6.07, 6.45) is -0.629. The molecule has 0 heterocycles. The van der Waals surface area contributed by atoms with Gasteiger partial charge in [0, 0.05) is 6.54 Å². The average molecular weight is 251 g/mol. The third-order valence-corrected chi connectivity index (χ3v) is 1.50. The second-order valence-electron chi connectivity index (χ2n) is 2.79. The molecule has 0 aliphatic rings. The van der Waals surface area contributed by atoms with Crippen molar-refractivity contribution in [1.29, 1.82) is 0 Å². The molecule has 0 aliphatic heterocycles. The van der Waals surface area contributed by atoms with Gasteiger partial charge in [0.05, 0.1) is 6.10 Å². The van der Waals surface area contributed by atoms with Crippen LogP contribution in [0, 0.1) is 0 Å². The molecule has 0 saturated heterocycles. The van der Waals surface area contributed by atoms with E-state index in [1.54, 1.807) is 12.1 Å². The van der Waals surface area contributed by atoms with Crippen LogP contribution in [0.1, 0.15) is 11.7 Å². The number of rotatable bonds is 2. The van der Waals surface area contributed by atoms with Crippen LogP contribution < -0.4 is 5.73 Å². The number of aliphatic hydroxyl groups is 1. The van der Waals surface area contributed by atoms with Gasteiger partial charge in [0.2, 0.25) is 0 Å². The number of aromatic hydroxyl groups is 1. The molecule has 0 bridgehead atoms. The van der Waals surface area contributed by atoms with E-state index in [0.717, 1.165) is 5.56 Å². The highest BCUT2D eigenvalue weighted by molar-refractivity contribution is 7.79. The van der Waals surface area contributed by atoms with Crippen LogP contribution in [0.15, 0.2) is 24.3 Å². The smallest absolute Gasteiger partial charge is 0.394 e. The van der Waals surface area contributed by atoms with E-state index >= 15 is 0 Å². The van der Waals surface area contributed by atoms with Crippen molar-refractivity contribution in [3.63, 3.8) is 0 Å². The highest BCUT2D eigenvalue weighted by Gasteiger charge is 2.02. The summed E-state index contributed by atoms with van der Waals surface area (Å²) >= 11 is 0. The number of benzene rings is 1. The second kappa shape index (κ2) is 6.40. The Hall–Kier alpha value is -1.19. The second-order valence-corrected chi connectivity index (χ2v) is 3.69. The molecule has 7 nitrogen and oxygen atoms in total. The Morgan fingerprint density at radius 3 is 1.88 bits per heavy atom. The van der Waals surface area contributed by atoms with Gasteiger partial charge in [-0.15, -0.1) is 0 Å². The lowest BCUT2D eigenvalue weighted by molar-refractivity contribution is 0.186. The summed E-state index contributed by atoms with van der Waals surface area (Å²) < 4.78 is 31.6. The first kappa shape index (κ1) is 14.8. The predicted octanol–water partition coefficient (Wildman–Crippen LogP) is -0.268. The maximum absolute atomic E-state index is 9.21. The number of phenolic OH excluding ortho intramolecular Hbond substituents is 1. The van der Waals surface area contributed by atoms with Crippen LogP contribution in [-0.2, 0) is 10.4 Å². The minimum atomic E-state index is -4.67. The van der Waals surface area contributed by atoms with E-state index in [1.807, 2.05) is 0 Å². The van der Waals surface area contributed by atoms with Gasteiger partial charge in [0.25, 0.3) is 0 Å². The Balaban J connectivity index is 0.000000385. The molecule has 92 valence electrons. The van der Waals surface area contributed by atoms with Gasteiger partial charge < -0.3 is 15.9 Å². The predicted molar refractivity (Wildman–Crippen MR) is 56.3 cm³/mol. The molecule has 0 aromatic heterocycles. The molecule has 0 radical (unpaired) electrons. The molecule has 1 rings (SSSR count). The van der Waals surface area contributed by atoms with Gasteiger partial charge in [0.1, 0.15) is 5.75 Å². The Morgan fingerprint density at radius 1 is 1.19 bits per heavy atom. The van der Waals surface area contributed by atoms with E-state index in [2.05, 4.69) is 0 Å². The van der Waals surface area contributed by atoms with Crippen LogP contribution >= 0.6 is 0 Å². The van der Waals surface area contributed by atoms with Crippen molar-refractivity contribution >= 4 is 10.4 Å². The monoisotopic (exact) mass is 251 g/mol. The number of aliphatic hydroxyl groups excluding tert-OH is 1. The van der Waals surface area contributed by atoms with Crippen LogP contribution in [0.2, 0.25) is 0 Å². The van der Waals surface area contributed by atoms with Crippen molar-refractivity contribution < 1.29 is 27.7 Å². The summed E-state index contributed by atoms with van der Waals surface area (Å²) in [6.45, 7) is 0.199. The maximum atomic E-state index is 9.21. The van der Waals surface area contributed by atoms with Gasteiger partial charge in [-0.3, -0.25) is 9.11 Å². The normalized spacial score (nSPS) is 12.5. The highest BCUT2D eigenvalue weighted by Crippen LogP contribution is 2.15. The molecule has 6 N–H and O–H groups in total. The van der Waals surface area contributed by atoms with Crippen LogP contribution in [0.25, 0.3) is 0 Å². The topological polar surface area (TPSA) is 141 Å². The van der Waals surface area contributed by atoms with Gasteiger partial charge in [-0.25, -0.2) is 0 Å². The molecule has 16 heavy (non-hydrogen) atoms. The van der Waals surface area contributed by atoms with Crippen molar-refractivity contribution in [3.05, 3.63) is 29.8 Å². The van der Waals surface area contributed by atoms with Crippen molar-refractivity contribution in [3.8, 4) is 5.75 Å². The summed E-state index contributed by atoms with van der Waals surface area (Å²) in [7, 11) is -4.67. The minimum absolute atomic E-state index is 0.193. The van der Waals surface area contributed by atoms with E-state index in [0.29, 0.717) is 0 Å². The molecule has 1 aromatic carbocycles. The summed E-state index contributed by atoms with van der Waals surface area (Å²) in [5.74, 6) is 0.193. The van der Waals surface area contributed by atoms with Gasteiger partial charge in [0.15, 0.2) is 0 Å². The zero-order valence-corrected chi connectivity index (χ0v) is 9.00. The molecule has 1 aromatic rings. The Kier molecular flexibility index (Phi) is 5.93.